The summed E-state index contributed by atoms with van der Waals surface area (Å²) in [5.41, 5.74) is 0.524. The van der Waals surface area contributed by atoms with Gasteiger partial charge in [0.1, 0.15) is 18.1 Å². The Hall–Kier alpha value is -1.51. The van der Waals surface area contributed by atoms with Crippen LogP contribution in [-0.2, 0) is 4.79 Å². The molecule has 1 aromatic heterocycles. The monoisotopic (exact) mass is 236 g/mol. The molecule has 1 heterocycles. The van der Waals surface area contributed by atoms with E-state index in [1.807, 2.05) is 6.26 Å². The molecule has 0 aliphatic heterocycles. The van der Waals surface area contributed by atoms with Gasteiger partial charge in [-0.2, -0.15) is 11.8 Å². The Morgan fingerprint density at radius 3 is 3.12 bits per heavy atom. The first-order chi connectivity index (χ1) is 7.76. The number of nitrogens with one attached hydrogen (secondary N) is 1. The first-order valence-electron chi connectivity index (χ1n) is 4.62. The van der Waals surface area contributed by atoms with Gasteiger partial charge in [0.15, 0.2) is 0 Å². The van der Waals surface area contributed by atoms with Gasteiger partial charge in [0.05, 0.1) is 5.75 Å². The third-order valence-corrected chi connectivity index (χ3v) is 2.14. The minimum absolute atomic E-state index is 0.0905. The van der Waals surface area contributed by atoms with Crippen molar-refractivity contribution in [1.82, 2.24) is 4.98 Å². The molecule has 0 spiro atoms. The van der Waals surface area contributed by atoms with E-state index in [1.165, 1.54) is 11.8 Å². The van der Waals surface area contributed by atoms with Crippen molar-refractivity contribution >= 4 is 23.5 Å². The number of hydrogen-bond acceptors (Lipinski definition) is 4. The molecule has 1 aromatic rings. The number of nitrogens with zero attached hydrogens (tertiary/aromatic N) is 1. The summed E-state index contributed by atoms with van der Waals surface area (Å²) < 4.78 is 0. The van der Waals surface area contributed by atoms with Gasteiger partial charge in [0, 0.05) is 0 Å². The standard InChI is InChI=1S/C11H12N2O2S/c1-16-8-11(15)13-10-6-2-4-9(12-10)5-3-7-14/h2,4,6,14H,7-8H2,1H3,(H,12,13,15). The Kier molecular flexibility index (Phi) is 5.40. The van der Waals surface area contributed by atoms with E-state index in [-0.39, 0.29) is 12.5 Å². The van der Waals surface area contributed by atoms with Crippen LogP contribution in [0.4, 0.5) is 5.82 Å². The van der Waals surface area contributed by atoms with Crippen LogP contribution < -0.4 is 5.32 Å². The summed E-state index contributed by atoms with van der Waals surface area (Å²) >= 11 is 1.45. The minimum atomic E-state index is -0.204. The van der Waals surface area contributed by atoms with E-state index in [9.17, 15) is 4.79 Å². The van der Waals surface area contributed by atoms with Crippen LogP contribution in [-0.4, -0.2) is 34.6 Å². The van der Waals surface area contributed by atoms with Crippen molar-refractivity contribution in [2.45, 2.75) is 0 Å². The van der Waals surface area contributed by atoms with E-state index in [0.717, 1.165) is 0 Å². The number of carbonyl (C=O) groups excluding carboxylic acids is 1. The number of carbonyl (C=O) groups is 1. The lowest BCUT2D eigenvalue weighted by Crippen LogP contribution is -2.14. The van der Waals surface area contributed by atoms with Crippen LogP contribution in [0.2, 0.25) is 0 Å². The molecule has 0 fully saturated rings. The molecule has 0 saturated carbocycles. The molecule has 5 heteroatoms. The van der Waals surface area contributed by atoms with Crippen molar-refractivity contribution in [3.8, 4) is 11.8 Å². The van der Waals surface area contributed by atoms with Crippen molar-refractivity contribution in [3.05, 3.63) is 23.9 Å². The first kappa shape index (κ1) is 12.6. The average Bonchev–Trinajstić information content (AvgIpc) is 2.27. The Bertz CT molecular complexity index is 423. The molecule has 1 rings (SSSR count). The number of pyridine rings is 1. The molecule has 16 heavy (non-hydrogen) atoms. The van der Waals surface area contributed by atoms with E-state index in [2.05, 4.69) is 22.1 Å². The fourth-order valence-corrected chi connectivity index (χ4v) is 1.35. The molecule has 0 saturated heterocycles. The fraction of sp³-hybridized carbons (Fsp3) is 0.273. The summed E-state index contributed by atoms with van der Waals surface area (Å²) in [5, 5.41) is 11.2. The predicted octanol–water partition coefficient (Wildman–Crippen LogP) is 0.727. The molecular formula is C11H12N2O2S. The summed E-state index contributed by atoms with van der Waals surface area (Å²) in [7, 11) is 0. The second-order valence-electron chi connectivity index (χ2n) is 2.85. The number of aromatic nitrogens is 1. The zero-order valence-corrected chi connectivity index (χ0v) is 9.67. The fourth-order valence-electron chi connectivity index (χ4n) is 1.01. The van der Waals surface area contributed by atoms with Gasteiger partial charge < -0.3 is 10.4 Å². The summed E-state index contributed by atoms with van der Waals surface area (Å²) in [6, 6.07) is 5.17. The molecule has 84 valence electrons. The highest BCUT2D eigenvalue weighted by Gasteiger charge is 2.01. The van der Waals surface area contributed by atoms with E-state index < -0.39 is 0 Å². The van der Waals surface area contributed by atoms with Crippen molar-refractivity contribution in [1.29, 1.82) is 0 Å². The topological polar surface area (TPSA) is 62.2 Å². The highest BCUT2D eigenvalue weighted by molar-refractivity contribution is 7.99. The molecule has 0 bridgehead atoms. The third-order valence-electron chi connectivity index (χ3n) is 1.59. The Morgan fingerprint density at radius 1 is 1.62 bits per heavy atom. The second kappa shape index (κ2) is 6.88. The zero-order chi connectivity index (χ0) is 11.8. The Balaban J connectivity index is 2.71. The summed E-state index contributed by atoms with van der Waals surface area (Å²) in [4.78, 5) is 15.4. The van der Waals surface area contributed by atoms with Crippen molar-refractivity contribution in [3.63, 3.8) is 0 Å². The lowest BCUT2D eigenvalue weighted by atomic mass is 10.3. The Labute approximate surface area is 98.5 Å². The molecule has 1 amide bonds. The largest absolute Gasteiger partial charge is 0.384 e. The quantitative estimate of drug-likeness (QED) is 0.759. The van der Waals surface area contributed by atoms with E-state index >= 15 is 0 Å². The van der Waals surface area contributed by atoms with Crippen LogP contribution in [0.5, 0.6) is 0 Å². The highest BCUT2D eigenvalue weighted by Crippen LogP contribution is 2.04. The normalized spacial score (nSPS) is 9.12. The maximum Gasteiger partial charge on any atom is 0.235 e. The van der Waals surface area contributed by atoms with Crippen LogP contribution in [0.3, 0.4) is 0 Å². The predicted molar refractivity (Wildman–Crippen MR) is 65.2 cm³/mol. The van der Waals surface area contributed by atoms with Gasteiger partial charge >= 0.3 is 0 Å². The minimum Gasteiger partial charge on any atom is -0.384 e. The summed E-state index contributed by atoms with van der Waals surface area (Å²) in [6.45, 7) is -0.204. The number of thioether (sulfide) groups is 1. The molecule has 2 N–H and O–H groups in total. The zero-order valence-electron chi connectivity index (χ0n) is 8.86. The molecule has 0 aliphatic carbocycles. The Morgan fingerprint density at radius 2 is 2.44 bits per heavy atom. The van der Waals surface area contributed by atoms with Crippen LogP contribution in [0.15, 0.2) is 18.2 Å². The van der Waals surface area contributed by atoms with Crippen LogP contribution in [0, 0.1) is 11.8 Å². The molecule has 0 atom stereocenters. The molecule has 0 aliphatic rings. The lowest BCUT2D eigenvalue weighted by molar-refractivity contribution is -0.113. The molecule has 0 aromatic carbocycles. The summed E-state index contributed by atoms with van der Waals surface area (Å²) in [6.07, 6.45) is 1.86. The number of aliphatic hydroxyl groups excluding tert-OH is 1. The van der Waals surface area contributed by atoms with Crippen molar-refractivity contribution in [2.24, 2.45) is 0 Å². The van der Waals surface area contributed by atoms with Gasteiger partial charge in [-0.3, -0.25) is 4.79 Å². The van der Waals surface area contributed by atoms with E-state index in [0.29, 0.717) is 17.3 Å². The van der Waals surface area contributed by atoms with Gasteiger partial charge in [-0.1, -0.05) is 12.0 Å². The number of aliphatic hydroxyl groups is 1. The SMILES string of the molecule is CSCC(=O)Nc1cccc(C#CCO)n1. The molecule has 0 unspecified atom stereocenters. The van der Waals surface area contributed by atoms with Crippen molar-refractivity contribution in [2.75, 3.05) is 23.9 Å². The van der Waals surface area contributed by atoms with Gasteiger partial charge in [0.25, 0.3) is 0 Å². The number of anilines is 1. The van der Waals surface area contributed by atoms with Gasteiger partial charge in [0.2, 0.25) is 5.91 Å². The first-order valence-corrected chi connectivity index (χ1v) is 6.01. The smallest absolute Gasteiger partial charge is 0.235 e. The maximum atomic E-state index is 11.3. The van der Waals surface area contributed by atoms with Gasteiger partial charge in [-0.25, -0.2) is 4.98 Å². The molecule has 4 nitrogen and oxygen atoms in total. The van der Waals surface area contributed by atoms with Crippen LogP contribution in [0.25, 0.3) is 0 Å². The van der Waals surface area contributed by atoms with E-state index in [4.69, 9.17) is 5.11 Å². The second-order valence-corrected chi connectivity index (χ2v) is 3.72. The van der Waals surface area contributed by atoms with Crippen LogP contribution in [0.1, 0.15) is 5.69 Å². The number of rotatable bonds is 3. The molecular weight excluding hydrogens is 224 g/mol. The number of hydrogen-bond donors (Lipinski definition) is 2. The van der Waals surface area contributed by atoms with Crippen LogP contribution >= 0.6 is 11.8 Å². The lowest BCUT2D eigenvalue weighted by Gasteiger charge is -2.02. The van der Waals surface area contributed by atoms with Crippen molar-refractivity contribution < 1.29 is 9.90 Å². The third kappa shape index (κ3) is 4.34. The van der Waals surface area contributed by atoms with Gasteiger partial charge in [-0.15, -0.1) is 0 Å². The number of amides is 1. The summed E-state index contributed by atoms with van der Waals surface area (Å²) in [5.74, 6) is 5.95. The molecule has 0 radical (unpaired) electrons. The average molecular weight is 236 g/mol. The maximum absolute atomic E-state index is 11.3. The highest BCUT2D eigenvalue weighted by atomic mass is 32.2. The van der Waals surface area contributed by atoms with Gasteiger partial charge in [-0.05, 0) is 24.3 Å². The van der Waals surface area contributed by atoms with E-state index in [1.54, 1.807) is 18.2 Å².